The van der Waals surface area contributed by atoms with Crippen LogP contribution in [0.2, 0.25) is 0 Å². The number of fused-ring (bicyclic) bond motifs is 1. The van der Waals surface area contributed by atoms with E-state index in [0.29, 0.717) is 18.2 Å². The van der Waals surface area contributed by atoms with E-state index >= 15 is 0 Å². The average molecular weight is 232 g/mol. The second-order valence-electron chi connectivity index (χ2n) is 3.73. The predicted octanol–water partition coefficient (Wildman–Crippen LogP) is 0.545. The highest BCUT2D eigenvalue weighted by atomic mass is 19.1. The fourth-order valence-electron chi connectivity index (χ4n) is 1.90. The predicted molar refractivity (Wildman–Crippen MR) is 58.8 cm³/mol. The van der Waals surface area contributed by atoms with E-state index in [1.807, 2.05) is 0 Å². The average Bonchev–Trinajstić information content (AvgIpc) is 2.71. The highest BCUT2D eigenvalue weighted by Crippen LogP contribution is 2.33. The van der Waals surface area contributed by atoms with E-state index < -0.39 is 0 Å². The van der Waals surface area contributed by atoms with E-state index in [0.717, 1.165) is 5.56 Å². The molecule has 0 saturated heterocycles. The number of aromatic nitrogens is 4. The third-order valence-electron chi connectivity index (χ3n) is 2.65. The van der Waals surface area contributed by atoms with Crippen LogP contribution in [0, 0.1) is 5.82 Å². The molecule has 86 valence electrons. The normalized spacial score (nSPS) is 17.6. The molecular formula is C10H9FN6. The van der Waals surface area contributed by atoms with Crippen molar-refractivity contribution >= 4 is 11.8 Å². The van der Waals surface area contributed by atoms with Gasteiger partial charge in [0.05, 0.1) is 12.1 Å². The lowest BCUT2D eigenvalue weighted by atomic mass is 10.0. The summed E-state index contributed by atoms with van der Waals surface area (Å²) in [6.07, 6.45) is 2.53. The molecule has 1 atom stereocenters. The highest BCUT2D eigenvalue weighted by molar-refractivity contribution is 5.54. The van der Waals surface area contributed by atoms with Crippen molar-refractivity contribution in [3.8, 4) is 0 Å². The van der Waals surface area contributed by atoms with Crippen LogP contribution < -0.4 is 11.1 Å². The van der Waals surface area contributed by atoms with Gasteiger partial charge in [0, 0.05) is 12.1 Å². The Bertz CT molecular complexity index is 572. The zero-order chi connectivity index (χ0) is 11.8. The highest BCUT2D eigenvalue weighted by Gasteiger charge is 2.27. The third kappa shape index (κ3) is 1.65. The first-order valence-corrected chi connectivity index (χ1v) is 5.08. The maximum atomic E-state index is 13.2. The summed E-state index contributed by atoms with van der Waals surface area (Å²) in [4.78, 5) is 15.8. The number of halogens is 1. The molecule has 7 heteroatoms. The third-order valence-corrected chi connectivity index (χ3v) is 2.65. The summed E-state index contributed by atoms with van der Waals surface area (Å²) in [5, 5.41) is 3.08. The molecule has 0 aromatic carbocycles. The lowest BCUT2D eigenvalue weighted by Crippen LogP contribution is -2.10. The molecule has 1 unspecified atom stereocenters. The first kappa shape index (κ1) is 9.88. The van der Waals surface area contributed by atoms with Gasteiger partial charge in [-0.05, 0) is 6.07 Å². The van der Waals surface area contributed by atoms with E-state index in [-0.39, 0.29) is 17.7 Å². The van der Waals surface area contributed by atoms with Gasteiger partial charge in [-0.15, -0.1) is 0 Å². The number of pyridine rings is 1. The zero-order valence-electron chi connectivity index (χ0n) is 8.76. The molecule has 3 rings (SSSR count). The Morgan fingerprint density at radius 3 is 3.06 bits per heavy atom. The smallest absolute Gasteiger partial charge is 0.223 e. The van der Waals surface area contributed by atoms with E-state index in [1.54, 1.807) is 0 Å². The van der Waals surface area contributed by atoms with E-state index in [2.05, 4.69) is 25.3 Å². The Labute approximate surface area is 96.1 Å². The molecule has 17 heavy (non-hydrogen) atoms. The summed E-state index contributed by atoms with van der Waals surface area (Å²) < 4.78 is 13.2. The summed E-state index contributed by atoms with van der Waals surface area (Å²) >= 11 is 0. The van der Waals surface area contributed by atoms with Gasteiger partial charge in [-0.2, -0.15) is 4.98 Å². The molecule has 0 bridgehead atoms. The molecular weight excluding hydrogens is 223 g/mol. The maximum Gasteiger partial charge on any atom is 0.223 e. The SMILES string of the molecule is Nc1ncnc(C2CNc3ncc(F)cc32)n1. The number of rotatable bonds is 1. The van der Waals surface area contributed by atoms with Crippen LogP contribution in [-0.4, -0.2) is 26.5 Å². The topological polar surface area (TPSA) is 89.6 Å². The van der Waals surface area contributed by atoms with Crippen molar-refractivity contribution in [1.82, 2.24) is 19.9 Å². The molecule has 3 heterocycles. The molecule has 0 amide bonds. The molecule has 1 aliphatic heterocycles. The Kier molecular flexibility index (Phi) is 2.10. The summed E-state index contributed by atoms with van der Waals surface area (Å²) in [5.74, 6) is 0.831. The number of nitrogen functional groups attached to an aromatic ring is 1. The lowest BCUT2D eigenvalue weighted by molar-refractivity contribution is 0.618. The lowest BCUT2D eigenvalue weighted by Gasteiger charge is -2.07. The molecule has 0 spiro atoms. The molecule has 0 aliphatic carbocycles. The van der Waals surface area contributed by atoms with Crippen molar-refractivity contribution in [1.29, 1.82) is 0 Å². The maximum absolute atomic E-state index is 13.2. The standard InChI is InChI=1S/C10H9FN6/c11-5-1-6-7(3-14-8(6)13-2-5)9-15-4-16-10(12)17-9/h1-2,4,7H,3H2,(H,13,14)(H2,12,15,16,17). The van der Waals surface area contributed by atoms with Crippen LogP contribution in [0.25, 0.3) is 0 Å². The first-order valence-electron chi connectivity index (χ1n) is 5.08. The Balaban J connectivity index is 2.06. The van der Waals surface area contributed by atoms with Crippen LogP contribution in [0.4, 0.5) is 16.2 Å². The van der Waals surface area contributed by atoms with Gasteiger partial charge in [0.2, 0.25) is 5.95 Å². The number of anilines is 2. The van der Waals surface area contributed by atoms with Crippen LogP contribution in [0.15, 0.2) is 18.6 Å². The van der Waals surface area contributed by atoms with Gasteiger partial charge in [0.1, 0.15) is 23.8 Å². The minimum absolute atomic E-state index is 0.140. The quantitative estimate of drug-likeness (QED) is 0.746. The zero-order valence-corrected chi connectivity index (χ0v) is 8.76. The van der Waals surface area contributed by atoms with Gasteiger partial charge in [0.15, 0.2) is 0 Å². The van der Waals surface area contributed by atoms with Crippen LogP contribution in [0.1, 0.15) is 17.3 Å². The van der Waals surface area contributed by atoms with Gasteiger partial charge >= 0.3 is 0 Å². The molecule has 6 nitrogen and oxygen atoms in total. The van der Waals surface area contributed by atoms with Crippen molar-refractivity contribution in [2.75, 3.05) is 17.6 Å². The Morgan fingerprint density at radius 2 is 2.24 bits per heavy atom. The van der Waals surface area contributed by atoms with Crippen molar-refractivity contribution < 1.29 is 4.39 Å². The van der Waals surface area contributed by atoms with Gasteiger partial charge < -0.3 is 11.1 Å². The molecule has 2 aromatic rings. The van der Waals surface area contributed by atoms with Crippen molar-refractivity contribution in [2.45, 2.75) is 5.92 Å². The summed E-state index contributed by atoms with van der Waals surface area (Å²) in [6.45, 7) is 0.579. The Morgan fingerprint density at radius 1 is 1.35 bits per heavy atom. The molecule has 0 radical (unpaired) electrons. The summed E-state index contributed by atoms with van der Waals surface area (Å²) in [6, 6.07) is 1.44. The van der Waals surface area contributed by atoms with Crippen LogP contribution in [0.3, 0.4) is 0 Å². The van der Waals surface area contributed by atoms with E-state index in [9.17, 15) is 4.39 Å². The van der Waals surface area contributed by atoms with Gasteiger partial charge in [0.25, 0.3) is 0 Å². The number of hydrogen-bond acceptors (Lipinski definition) is 6. The Hall–Kier alpha value is -2.31. The molecule has 0 saturated carbocycles. The molecule has 1 aliphatic rings. The van der Waals surface area contributed by atoms with E-state index in [4.69, 9.17) is 5.73 Å². The summed E-state index contributed by atoms with van der Waals surface area (Å²) in [7, 11) is 0. The molecule has 0 fully saturated rings. The van der Waals surface area contributed by atoms with Crippen molar-refractivity contribution in [2.24, 2.45) is 0 Å². The number of nitrogens with one attached hydrogen (secondary N) is 1. The minimum atomic E-state index is -0.375. The van der Waals surface area contributed by atoms with Gasteiger partial charge in [-0.25, -0.2) is 19.3 Å². The van der Waals surface area contributed by atoms with Crippen LogP contribution in [-0.2, 0) is 0 Å². The van der Waals surface area contributed by atoms with Gasteiger partial charge in [-0.1, -0.05) is 0 Å². The first-order chi connectivity index (χ1) is 8.24. The summed E-state index contributed by atoms with van der Waals surface area (Å²) in [5.41, 5.74) is 6.25. The van der Waals surface area contributed by atoms with Crippen LogP contribution in [0.5, 0.6) is 0 Å². The monoisotopic (exact) mass is 232 g/mol. The molecule has 3 N–H and O–H groups in total. The van der Waals surface area contributed by atoms with Crippen LogP contribution >= 0.6 is 0 Å². The second kappa shape index (κ2) is 3.62. The van der Waals surface area contributed by atoms with Crippen molar-refractivity contribution in [3.63, 3.8) is 0 Å². The van der Waals surface area contributed by atoms with E-state index in [1.165, 1.54) is 18.6 Å². The number of nitrogens with two attached hydrogens (primary N) is 1. The van der Waals surface area contributed by atoms with Crippen molar-refractivity contribution in [3.05, 3.63) is 35.8 Å². The minimum Gasteiger partial charge on any atom is -0.369 e. The largest absolute Gasteiger partial charge is 0.369 e. The fraction of sp³-hybridized carbons (Fsp3) is 0.200. The number of hydrogen-bond donors (Lipinski definition) is 2. The second-order valence-corrected chi connectivity index (χ2v) is 3.73. The number of nitrogens with zero attached hydrogens (tertiary/aromatic N) is 4. The fourth-order valence-corrected chi connectivity index (χ4v) is 1.90. The molecule has 2 aromatic heterocycles. The van der Waals surface area contributed by atoms with Gasteiger partial charge in [-0.3, -0.25) is 0 Å².